The molecule has 0 spiro atoms. The Hall–Kier alpha value is -2.04. The van der Waals surface area contributed by atoms with Gasteiger partial charge in [-0.3, -0.25) is 4.98 Å². The number of hydrogen-bond acceptors (Lipinski definition) is 3. The second-order valence-corrected chi connectivity index (χ2v) is 2.79. The highest BCUT2D eigenvalue weighted by Gasteiger charge is 2.01. The lowest BCUT2D eigenvalue weighted by molar-refractivity contribution is 0.194. The third-order valence-corrected chi connectivity index (χ3v) is 1.82. The van der Waals surface area contributed by atoms with Gasteiger partial charge in [-0.25, -0.2) is 4.79 Å². The Bertz CT molecular complexity index is 464. The minimum Gasteiger partial charge on any atom is -0.465 e. The van der Waals surface area contributed by atoms with Crippen molar-refractivity contribution < 1.29 is 14.3 Å². The van der Waals surface area contributed by atoms with E-state index in [-0.39, 0.29) is 6.54 Å². The molecule has 0 fully saturated rings. The largest absolute Gasteiger partial charge is 0.465 e. The predicted octanol–water partition coefficient (Wildman–Crippen LogP) is 1.60. The fraction of sp³-hybridized carbons (Fsp3) is 0.111. The molecule has 0 saturated heterocycles. The number of furan rings is 1. The van der Waals surface area contributed by atoms with E-state index in [0.29, 0.717) is 11.3 Å². The van der Waals surface area contributed by atoms with Crippen LogP contribution in [0.25, 0.3) is 11.0 Å². The van der Waals surface area contributed by atoms with E-state index in [1.807, 2.05) is 0 Å². The Morgan fingerprint density at radius 1 is 1.64 bits per heavy atom. The molecule has 72 valence electrons. The van der Waals surface area contributed by atoms with Crippen molar-refractivity contribution in [1.82, 2.24) is 10.3 Å². The van der Waals surface area contributed by atoms with Gasteiger partial charge in [-0.15, -0.1) is 0 Å². The van der Waals surface area contributed by atoms with Gasteiger partial charge in [0.25, 0.3) is 0 Å². The maximum absolute atomic E-state index is 10.2. The van der Waals surface area contributed by atoms with E-state index >= 15 is 0 Å². The number of carbonyl (C=O) groups is 1. The van der Waals surface area contributed by atoms with Crippen molar-refractivity contribution in [2.75, 3.05) is 0 Å². The SMILES string of the molecule is O=C(O)NCc1cc2occc2cn1. The fourth-order valence-corrected chi connectivity index (χ4v) is 1.16. The molecule has 5 heteroatoms. The van der Waals surface area contributed by atoms with Crippen LogP contribution in [-0.2, 0) is 6.54 Å². The van der Waals surface area contributed by atoms with Gasteiger partial charge in [-0.2, -0.15) is 0 Å². The Labute approximate surface area is 79.4 Å². The van der Waals surface area contributed by atoms with Crippen LogP contribution in [0.1, 0.15) is 5.69 Å². The molecule has 14 heavy (non-hydrogen) atoms. The summed E-state index contributed by atoms with van der Waals surface area (Å²) in [6, 6.07) is 3.52. The zero-order valence-corrected chi connectivity index (χ0v) is 7.23. The second kappa shape index (κ2) is 3.37. The van der Waals surface area contributed by atoms with Crippen LogP contribution in [0.2, 0.25) is 0 Å². The van der Waals surface area contributed by atoms with Gasteiger partial charge in [-0.1, -0.05) is 0 Å². The van der Waals surface area contributed by atoms with Crippen molar-refractivity contribution in [2.24, 2.45) is 0 Å². The Morgan fingerprint density at radius 2 is 2.50 bits per heavy atom. The summed E-state index contributed by atoms with van der Waals surface area (Å²) in [4.78, 5) is 14.3. The lowest BCUT2D eigenvalue weighted by Crippen LogP contribution is -2.20. The zero-order chi connectivity index (χ0) is 9.97. The van der Waals surface area contributed by atoms with Gasteiger partial charge in [0.1, 0.15) is 5.58 Å². The van der Waals surface area contributed by atoms with E-state index in [1.54, 1.807) is 24.6 Å². The Balaban J connectivity index is 2.21. The molecular weight excluding hydrogens is 184 g/mol. The van der Waals surface area contributed by atoms with E-state index in [4.69, 9.17) is 9.52 Å². The van der Waals surface area contributed by atoms with E-state index in [9.17, 15) is 4.79 Å². The Kier molecular flexibility index (Phi) is 2.06. The number of carboxylic acid groups (broad SMARTS) is 1. The van der Waals surface area contributed by atoms with Crippen molar-refractivity contribution in [1.29, 1.82) is 0 Å². The monoisotopic (exact) mass is 192 g/mol. The van der Waals surface area contributed by atoms with Crippen LogP contribution in [0.3, 0.4) is 0 Å². The molecule has 2 rings (SSSR count). The molecule has 0 aliphatic carbocycles. The summed E-state index contributed by atoms with van der Waals surface area (Å²) in [6.45, 7) is 0.186. The molecule has 1 amide bonds. The minimum absolute atomic E-state index is 0.186. The van der Waals surface area contributed by atoms with Crippen molar-refractivity contribution in [3.63, 3.8) is 0 Å². The van der Waals surface area contributed by atoms with Gasteiger partial charge < -0.3 is 14.8 Å². The summed E-state index contributed by atoms with van der Waals surface area (Å²) < 4.78 is 5.15. The quantitative estimate of drug-likeness (QED) is 0.757. The summed E-state index contributed by atoms with van der Waals surface area (Å²) in [5.41, 5.74) is 1.34. The lowest BCUT2D eigenvalue weighted by Gasteiger charge is -1.99. The summed E-state index contributed by atoms with van der Waals surface area (Å²) in [5, 5.41) is 11.5. The molecule has 0 aliphatic rings. The molecule has 0 bridgehead atoms. The van der Waals surface area contributed by atoms with Crippen LogP contribution in [0.4, 0.5) is 4.79 Å². The summed E-state index contributed by atoms with van der Waals surface area (Å²) in [6.07, 6.45) is 2.16. The molecule has 2 aromatic heterocycles. The number of rotatable bonds is 2. The smallest absolute Gasteiger partial charge is 0.404 e. The van der Waals surface area contributed by atoms with E-state index in [1.165, 1.54) is 0 Å². The highest BCUT2D eigenvalue weighted by Crippen LogP contribution is 2.14. The van der Waals surface area contributed by atoms with Gasteiger partial charge in [0.2, 0.25) is 0 Å². The first-order valence-corrected chi connectivity index (χ1v) is 4.04. The maximum Gasteiger partial charge on any atom is 0.404 e. The molecule has 2 aromatic rings. The first kappa shape index (κ1) is 8.55. The van der Waals surface area contributed by atoms with E-state index in [0.717, 1.165) is 5.39 Å². The highest BCUT2D eigenvalue weighted by atomic mass is 16.4. The number of nitrogens with zero attached hydrogens (tertiary/aromatic N) is 1. The first-order chi connectivity index (χ1) is 6.75. The number of hydrogen-bond donors (Lipinski definition) is 2. The predicted molar refractivity (Wildman–Crippen MR) is 48.9 cm³/mol. The van der Waals surface area contributed by atoms with Crippen LogP contribution < -0.4 is 5.32 Å². The van der Waals surface area contributed by atoms with Crippen molar-refractivity contribution in [3.05, 3.63) is 30.3 Å². The third kappa shape index (κ3) is 1.66. The lowest BCUT2D eigenvalue weighted by atomic mass is 10.3. The molecule has 0 saturated carbocycles. The van der Waals surface area contributed by atoms with Crippen LogP contribution in [0.15, 0.2) is 29.0 Å². The van der Waals surface area contributed by atoms with Crippen LogP contribution in [0, 0.1) is 0 Å². The van der Waals surface area contributed by atoms with Crippen LogP contribution >= 0.6 is 0 Å². The summed E-state index contributed by atoms with van der Waals surface area (Å²) in [7, 11) is 0. The number of fused-ring (bicyclic) bond motifs is 1. The third-order valence-electron chi connectivity index (χ3n) is 1.82. The van der Waals surface area contributed by atoms with Crippen molar-refractivity contribution in [2.45, 2.75) is 6.54 Å². The average Bonchev–Trinajstić information content (AvgIpc) is 2.61. The maximum atomic E-state index is 10.2. The molecule has 2 N–H and O–H groups in total. The van der Waals surface area contributed by atoms with Gasteiger partial charge in [0.15, 0.2) is 0 Å². The summed E-state index contributed by atoms with van der Waals surface area (Å²) >= 11 is 0. The van der Waals surface area contributed by atoms with Gasteiger partial charge >= 0.3 is 6.09 Å². The number of nitrogens with one attached hydrogen (secondary N) is 1. The number of aromatic nitrogens is 1. The van der Waals surface area contributed by atoms with Crippen molar-refractivity contribution >= 4 is 17.1 Å². The minimum atomic E-state index is -1.06. The highest BCUT2D eigenvalue weighted by molar-refractivity contribution is 5.76. The van der Waals surface area contributed by atoms with E-state index < -0.39 is 6.09 Å². The van der Waals surface area contributed by atoms with Crippen LogP contribution in [-0.4, -0.2) is 16.2 Å². The topological polar surface area (TPSA) is 75.4 Å². The number of amides is 1. The molecule has 0 unspecified atom stereocenters. The molecule has 2 heterocycles. The molecule has 5 nitrogen and oxygen atoms in total. The van der Waals surface area contributed by atoms with E-state index in [2.05, 4.69) is 10.3 Å². The zero-order valence-electron chi connectivity index (χ0n) is 7.23. The van der Waals surface area contributed by atoms with Gasteiger partial charge in [-0.05, 0) is 6.07 Å². The standard InChI is InChI=1S/C9H8N2O3/c12-9(13)11-5-7-3-8-6(4-10-7)1-2-14-8/h1-4,11H,5H2,(H,12,13). The summed E-state index contributed by atoms with van der Waals surface area (Å²) in [5.74, 6) is 0. The Morgan fingerprint density at radius 3 is 3.29 bits per heavy atom. The van der Waals surface area contributed by atoms with Gasteiger partial charge in [0, 0.05) is 17.6 Å². The number of pyridine rings is 1. The average molecular weight is 192 g/mol. The first-order valence-electron chi connectivity index (χ1n) is 4.04. The molecule has 0 aromatic carbocycles. The second-order valence-electron chi connectivity index (χ2n) is 2.79. The molecule has 0 radical (unpaired) electrons. The fourth-order valence-electron chi connectivity index (χ4n) is 1.16. The normalized spacial score (nSPS) is 10.3. The molecule has 0 aliphatic heterocycles. The van der Waals surface area contributed by atoms with Crippen molar-refractivity contribution in [3.8, 4) is 0 Å². The van der Waals surface area contributed by atoms with Crippen LogP contribution in [0.5, 0.6) is 0 Å². The molecular formula is C9H8N2O3. The van der Waals surface area contributed by atoms with Gasteiger partial charge in [0.05, 0.1) is 18.5 Å². The molecule has 0 atom stereocenters.